The molecule has 4 rings (SSSR count). The standard InChI is InChI=1S/C18H15N5O2S/c24-16(19-8-9-22-18-20-6-3-7-21-18)14-10-12-11-4-1-2-5-13(11)23-15(12)17(25)26-14/h1-7,10,23H,8-9H2,(H,19,24)(H,20,21,22). The van der Waals surface area contributed by atoms with Crippen LogP contribution in [0.25, 0.3) is 21.8 Å². The number of rotatable bonds is 5. The lowest BCUT2D eigenvalue weighted by Crippen LogP contribution is -2.29. The maximum absolute atomic E-state index is 12.4. The average molecular weight is 365 g/mol. The van der Waals surface area contributed by atoms with Gasteiger partial charge in [0, 0.05) is 41.8 Å². The summed E-state index contributed by atoms with van der Waals surface area (Å²) in [7, 11) is 0. The van der Waals surface area contributed by atoms with Crippen LogP contribution in [0.1, 0.15) is 9.67 Å². The van der Waals surface area contributed by atoms with E-state index in [0.29, 0.717) is 29.4 Å². The Bertz CT molecular complexity index is 1140. The minimum atomic E-state index is -0.268. The lowest BCUT2D eigenvalue weighted by Gasteiger charge is -2.06. The molecular weight excluding hydrogens is 350 g/mol. The number of hydrogen-bond acceptors (Lipinski definition) is 6. The van der Waals surface area contributed by atoms with Crippen molar-refractivity contribution in [3.63, 3.8) is 0 Å². The first-order valence-corrected chi connectivity index (χ1v) is 8.88. The Kier molecular flexibility index (Phi) is 4.32. The van der Waals surface area contributed by atoms with Crippen molar-refractivity contribution in [3.8, 4) is 0 Å². The normalized spacial score (nSPS) is 10.9. The van der Waals surface area contributed by atoms with Gasteiger partial charge < -0.3 is 15.6 Å². The summed E-state index contributed by atoms with van der Waals surface area (Å²) in [5.74, 6) is 0.238. The van der Waals surface area contributed by atoms with Crippen LogP contribution in [-0.4, -0.2) is 33.9 Å². The molecule has 0 saturated heterocycles. The smallest absolute Gasteiger partial charge is 0.261 e. The fourth-order valence-electron chi connectivity index (χ4n) is 2.73. The van der Waals surface area contributed by atoms with Crippen LogP contribution in [0.15, 0.2) is 53.6 Å². The van der Waals surface area contributed by atoms with E-state index in [4.69, 9.17) is 0 Å². The molecule has 0 aliphatic carbocycles. The molecule has 0 atom stereocenters. The minimum absolute atomic E-state index is 0.153. The number of aromatic amines is 1. The van der Waals surface area contributed by atoms with Crippen molar-refractivity contribution in [3.05, 3.63) is 63.2 Å². The quantitative estimate of drug-likeness (QED) is 0.472. The molecule has 3 N–H and O–H groups in total. The van der Waals surface area contributed by atoms with Gasteiger partial charge in [-0.25, -0.2) is 9.97 Å². The molecule has 130 valence electrons. The Balaban J connectivity index is 1.50. The Morgan fingerprint density at radius 3 is 2.73 bits per heavy atom. The zero-order valence-corrected chi connectivity index (χ0v) is 14.5. The molecule has 3 aromatic heterocycles. The molecule has 0 saturated carbocycles. The first kappa shape index (κ1) is 16.2. The number of nitrogens with zero attached hydrogens (tertiary/aromatic N) is 2. The Morgan fingerprint density at radius 2 is 1.88 bits per heavy atom. The van der Waals surface area contributed by atoms with Crippen LogP contribution in [0.5, 0.6) is 0 Å². The summed E-state index contributed by atoms with van der Waals surface area (Å²) >= 11 is 0.941. The van der Waals surface area contributed by atoms with Gasteiger partial charge >= 0.3 is 0 Å². The summed E-state index contributed by atoms with van der Waals surface area (Å²) in [6.07, 6.45) is 3.28. The molecule has 0 bridgehead atoms. The van der Waals surface area contributed by atoms with Gasteiger partial charge in [0.05, 0.1) is 4.88 Å². The third-order valence-electron chi connectivity index (χ3n) is 3.91. The number of benzene rings is 1. The second-order valence-corrected chi connectivity index (χ2v) is 6.63. The molecule has 0 unspecified atom stereocenters. The molecule has 0 aliphatic heterocycles. The van der Waals surface area contributed by atoms with E-state index in [2.05, 4.69) is 25.6 Å². The number of carbonyl (C=O) groups excluding carboxylic acids is 1. The van der Waals surface area contributed by atoms with Gasteiger partial charge in [0.25, 0.3) is 10.6 Å². The highest BCUT2D eigenvalue weighted by Gasteiger charge is 2.13. The van der Waals surface area contributed by atoms with Gasteiger partial charge in [0.1, 0.15) is 5.52 Å². The van der Waals surface area contributed by atoms with Crippen LogP contribution >= 0.6 is 11.3 Å². The molecule has 4 aromatic rings. The van der Waals surface area contributed by atoms with Crippen molar-refractivity contribution in [1.82, 2.24) is 20.3 Å². The number of nitrogens with one attached hydrogen (secondary N) is 3. The van der Waals surface area contributed by atoms with Crippen molar-refractivity contribution in [2.24, 2.45) is 0 Å². The number of aromatic nitrogens is 3. The van der Waals surface area contributed by atoms with Crippen LogP contribution in [0, 0.1) is 0 Å². The summed E-state index contributed by atoms with van der Waals surface area (Å²) in [4.78, 5) is 36.4. The summed E-state index contributed by atoms with van der Waals surface area (Å²) in [5.41, 5.74) is 1.42. The third-order valence-corrected chi connectivity index (χ3v) is 4.82. The Morgan fingerprint density at radius 1 is 1.08 bits per heavy atom. The monoisotopic (exact) mass is 365 g/mol. The molecule has 3 heterocycles. The summed E-state index contributed by atoms with van der Waals surface area (Å²) in [5, 5.41) is 7.52. The highest BCUT2D eigenvalue weighted by atomic mass is 32.1. The van der Waals surface area contributed by atoms with Crippen molar-refractivity contribution in [1.29, 1.82) is 0 Å². The average Bonchev–Trinajstić information content (AvgIpc) is 3.05. The van der Waals surface area contributed by atoms with Crippen molar-refractivity contribution < 1.29 is 4.79 Å². The largest absolute Gasteiger partial charge is 0.352 e. The van der Waals surface area contributed by atoms with E-state index in [9.17, 15) is 9.59 Å². The van der Waals surface area contributed by atoms with Gasteiger partial charge in [0.2, 0.25) is 5.95 Å². The number of amides is 1. The fourth-order valence-corrected chi connectivity index (χ4v) is 3.53. The molecule has 0 radical (unpaired) electrons. The number of anilines is 1. The molecule has 0 aliphatic rings. The zero-order chi connectivity index (χ0) is 17.9. The van der Waals surface area contributed by atoms with E-state index < -0.39 is 0 Å². The number of H-pyrrole nitrogens is 1. The second-order valence-electron chi connectivity index (χ2n) is 5.61. The molecule has 7 nitrogen and oxygen atoms in total. The van der Waals surface area contributed by atoms with Gasteiger partial charge in [-0.15, -0.1) is 0 Å². The van der Waals surface area contributed by atoms with Gasteiger partial charge in [-0.2, -0.15) is 0 Å². The van der Waals surface area contributed by atoms with E-state index in [1.54, 1.807) is 24.5 Å². The number of fused-ring (bicyclic) bond motifs is 3. The summed E-state index contributed by atoms with van der Waals surface area (Å²) < 4.78 is -0.153. The first-order valence-electron chi connectivity index (χ1n) is 8.06. The number of carbonyl (C=O) groups is 1. The third kappa shape index (κ3) is 3.14. The molecular formula is C18H15N5O2S. The van der Waals surface area contributed by atoms with Crippen LogP contribution in [0.4, 0.5) is 5.95 Å². The first-order chi connectivity index (χ1) is 12.7. The van der Waals surface area contributed by atoms with Crippen LogP contribution in [0.2, 0.25) is 0 Å². The van der Waals surface area contributed by atoms with E-state index in [1.165, 1.54) is 0 Å². The van der Waals surface area contributed by atoms with Crippen molar-refractivity contribution >= 4 is 45.0 Å². The Hall–Kier alpha value is -3.26. The highest BCUT2D eigenvalue weighted by molar-refractivity contribution is 7.12. The van der Waals surface area contributed by atoms with E-state index in [1.807, 2.05) is 24.3 Å². The van der Waals surface area contributed by atoms with E-state index in [0.717, 1.165) is 27.6 Å². The zero-order valence-electron chi connectivity index (χ0n) is 13.7. The van der Waals surface area contributed by atoms with Crippen molar-refractivity contribution in [2.45, 2.75) is 0 Å². The van der Waals surface area contributed by atoms with E-state index >= 15 is 0 Å². The van der Waals surface area contributed by atoms with Gasteiger partial charge in [0.15, 0.2) is 0 Å². The Labute approximate surface area is 152 Å². The molecule has 8 heteroatoms. The maximum Gasteiger partial charge on any atom is 0.261 e. The van der Waals surface area contributed by atoms with Gasteiger partial charge in [-0.05, 0) is 18.2 Å². The number of hydrogen-bond donors (Lipinski definition) is 3. The lowest BCUT2D eigenvalue weighted by molar-refractivity contribution is 0.0959. The van der Waals surface area contributed by atoms with Crippen LogP contribution < -0.4 is 15.4 Å². The molecule has 0 spiro atoms. The fraction of sp³-hybridized carbons (Fsp3) is 0.111. The van der Waals surface area contributed by atoms with Crippen molar-refractivity contribution in [2.75, 3.05) is 18.4 Å². The van der Waals surface area contributed by atoms with Crippen LogP contribution in [0.3, 0.4) is 0 Å². The topological polar surface area (TPSA) is 99.8 Å². The van der Waals surface area contributed by atoms with E-state index in [-0.39, 0.29) is 10.6 Å². The van der Waals surface area contributed by atoms with Crippen LogP contribution in [-0.2, 0) is 0 Å². The minimum Gasteiger partial charge on any atom is -0.352 e. The molecule has 26 heavy (non-hydrogen) atoms. The molecule has 1 amide bonds. The molecule has 1 aromatic carbocycles. The predicted molar refractivity (Wildman–Crippen MR) is 103 cm³/mol. The van der Waals surface area contributed by atoms with Gasteiger partial charge in [-0.1, -0.05) is 29.5 Å². The SMILES string of the molecule is O=C(NCCNc1ncccn1)c1cc2c([nH]c3ccccc32)c(=O)s1. The lowest BCUT2D eigenvalue weighted by atomic mass is 10.2. The number of para-hydroxylation sites is 1. The van der Waals surface area contributed by atoms with Gasteiger partial charge in [-0.3, -0.25) is 9.59 Å². The summed E-state index contributed by atoms with van der Waals surface area (Å²) in [6.45, 7) is 0.879. The second kappa shape index (κ2) is 6.93. The summed E-state index contributed by atoms with van der Waals surface area (Å²) in [6, 6.07) is 11.2. The maximum atomic E-state index is 12.4. The molecule has 0 fully saturated rings. The highest BCUT2D eigenvalue weighted by Crippen LogP contribution is 2.25. The predicted octanol–water partition coefficient (Wildman–Crippen LogP) is 2.37.